The lowest BCUT2D eigenvalue weighted by Gasteiger charge is -2.16. The number of aliphatic hydroxyl groups excluding tert-OH is 1. The fourth-order valence-corrected chi connectivity index (χ4v) is 1.98. The lowest BCUT2D eigenvalue weighted by atomic mass is 10.1. The number of benzene rings is 2. The molecule has 0 aliphatic carbocycles. The van der Waals surface area contributed by atoms with E-state index in [0.717, 1.165) is 18.2 Å². The highest BCUT2D eigenvalue weighted by Gasteiger charge is 2.15. The van der Waals surface area contributed by atoms with E-state index in [1.807, 2.05) is 0 Å². The lowest BCUT2D eigenvalue weighted by Crippen LogP contribution is -2.22. The number of ether oxygens (including phenoxy) is 1. The Morgan fingerprint density at radius 1 is 1.22 bits per heavy atom. The first-order valence-electron chi connectivity index (χ1n) is 6.98. The van der Waals surface area contributed by atoms with Crippen LogP contribution in [0.2, 0.25) is 0 Å². The standard InChI is InChI=1S/C17H17F2NO3/c1-11(21)20(2)13-4-6-14(7-5-13)23-10-17(22)15-9-12(18)3-8-16(15)19/h3-9,17,22H,10H2,1-2H3. The summed E-state index contributed by atoms with van der Waals surface area (Å²) in [6.07, 6.45) is -1.29. The normalized spacial score (nSPS) is 11.9. The Bertz CT molecular complexity index is 689. The Hall–Kier alpha value is -2.47. The van der Waals surface area contributed by atoms with Gasteiger partial charge in [-0.1, -0.05) is 0 Å². The lowest BCUT2D eigenvalue weighted by molar-refractivity contribution is -0.116. The second-order valence-corrected chi connectivity index (χ2v) is 5.06. The molecule has 0 saturated carbocycles. The van der Waals surface area contributed by atoms with Crippen molar-refractivity contribution >= 4 is 11.6 Å². The average molecular weight is 321 g/mol. The summed E-state index contributed by atoms with van der Waals surface area (Å²) in [6.45, 7) is 1.23. The van der Waals surface area contributed by atoms with E-state index in [2.05, 4.69) is 0 Å². The Balaban J connectivity index is 2.00. The topological polar surface area (TPSA) is 49.8 Å². The second kappa shape index (κ2) is 7.19. The fraction of sp³-hybridized carbons (Fsp3) is 0.235. The van der Waals surface area contributed by atoms with E-state index in [1.165, 1.54) is 11.8 Å². The van der Waals surface area contributed by atoms with E-state index in [4.69, 9.17) is 4.74 Å². The number of anilines is 1. The van der Waals surface area contributed by atoms with Gasteiger partial charge in [-0.3, -0.25) is 4.79 Å². The van der Waals surface area contributed by atoms with E-state index in [9.17, 15) is 18.7 Å². The van der Waals surface area contributed by atoms with Crippen LogP contribution in [0.5, 0.6) is 5.75 Å². The number of hydrogen-bond donors (Lipinski definition) is 1. The van der Waals surface area contributed by atoms with Crippen LogP contribution in [-0.4, -0.2) is 24.7 Å². The fourth-order valence-electron chi connectivity index (χ4n) is 1.98. The maximum atomic E-state index is 13.5. The van der Waals surface area contributed by atoms with Crippen molar-refractivity contribution in [2.24, 2.45) is 0 Å². The molecule has 1 N–H and O–H groups in total. The van der Waals surface area contributed by atoms with Crippen LogP contribution >= 0.6 is 0 Å². The molecule has 0 aliphatic rings. The quantitative estimate of drug-likeness (QED) is 0.921. The zero-order valence-electron chi connectivity index (χ0n) is 12.8. The third kappa shape index (κ3) is 4.26. The van der Waals surface area contributed by atoms with Gasteiger partial charge < -0.3 is 14.7 Å². The molecule has 0 heterocycles. The predicted molar refractivity (Wildman–Crippen MR) is 82.3 cm³/mol. The van der Waals surface area contributed by atoms with Gasteiger partial charge >= 0.3 is 0 Å². The molecule has 2 aromatic rings. The van der Waals surface area contributed by atoms with Crippen LogP contribution in [0, 0.1) is 11.6 Å². The second-order valence-electron chi connectivity index (χ2n) is 5.06. The molecule has 122 valence electrons. The molecule has 0 saturated heterocycles. The Labute approximate surface area is 132 Å². The smallest absolute Gasteiger partial charge is 0.223 e. The van der Waals surface area contributed by atoms with E-state index < -0.39 is 17.7 Å². The van der Waals surface area contributed by atoms with Crippen molar-refractivity contribution in [3.63, 3.8) is 0 Å². The molecule has 0 bridgehead atoms. The van der Waals surface area contributed by atoms with E-state index in [1.54, 1.807) is 31.3 Å². The number of carbonyl (C=O) groups is 1. The minimum Gasteiger partial charge on any atom is -0.491 e. The van der Waals surface area contributed by atoms with Gasteiger partial charge in [-0.05, 0) is 42.5 Å². The van der Waals surface area contributed by atoms with Gasteiger partial charge in [-0.2, -0.15) is 0 Å². The summed E-state index contributed by atoms with van der Waals surface area (Å²) < 4.78 is 32.0. The molecule has 2 aromatic carbocycles. The number of carbonyl (C=O) groups excluding carboxylic acids is 1. The van der Waals surface area contributed by atoms with Crippen LogP contribution in [0.25, 0.3) is 0 Å². The first-order chi connectivity index (χ1) is 10.9. The molecule has 0 fully saturated rings. The van der Waals surface area contributed by atoms with Gasteiger partial charge in [0.25, 0.3) is 0 Å². The van der Waals surface area contributed by atoms with Crippen molar-refractivity contribution in [2.75, 3.05) is 18.6 Å². The largest absolute Gasteiger partial charge is 0.491 e. The molecule has 1 atom stereocenters. The molecule has 0 aliphatic heterocycles. The van der Waals surface area contributed by atoms with E-state index >= 15 is 0 Å². The zero-order valence-corrected chi connectivity index (χ0v) is 12.8. The minimum absolute atomic E-state index is 0.101. The molecule has 1 unspecified atom stereocenters. The van der Waals surface area contributed by atoms with Gasteiger partial charge in [0, 0.05) is 25.2 Å². The first kappa shape index (κ1) is 16.9. The van der Waals surface area contributed by atoms with Crippen molar-refractivity contribution in [2.45, 2.75) is 13.0 Å². The third-order valence-electron chi connectivity index (χ3n) is 3.42. The Morgan fingerprint density at radius 3 is 2.48 bits per heavy atom. The number of halogens is 2. The van der Waals surface area contributed by atoms with Gasteiger partial charge in [0.15, 0.2) is 0 Å². The van der Waals surface area contributed by atoms with Gasteiger partial charge in [-0.25, -0.2) is 8.78 Å². The highest BCUT2D eigenvalue weighted by Crippen LogP contribution is 2.22. The summed E-state index contributed by atoms with van der Waals surface area (Å²) >= 11 is 0. The molecule has 0 aromatic heterocycles. The predicted octanol–water partition coefficient (Wildman–Crippen LogP) is 3.06. The van der Waals surface area contributed by atoms with Crippen LogP contribution in [0.4, 0.5) is 14.5 Å². The summed E-state index contributed by atoms with van der Waals surface area (Å²) in [4.78, 5) is 12.7. The molecule has 6 heteroatoms. The van der Waals surface area contributed by atoms with Crippen molar-refractivity contribution < 1.29 is 23.4 Å². The molecule has 0 radical (unpaired) electrons. The van der Waals surface area contributed by atoms with Gasteiger partial charge in [-0.15, -0.1) is 0 Å². The van der Waals surface area contributed by atoms with E-state index in [0.29, 0.717) is 11.4 Å². The third-order valence-corrected chi connectivity index (χ3v) is 3.42. The van der Waals surface area contributed by atoms with Crippen molar-refractivity contribution in [1.82, 2.24) is 0 Å². The molecule has 0 spiro atoms. The van der Waals surface area contributed by atoms with Crippen LogP contribution in [0.15, 0.2) is 42.5 Å². The monoisotopic (exact) mass is 321 g/mol. The maximum Gasteiger partial charge on any atom is 0.223 e. The first-order valence-corrected chi connectivity index (χ1v) is 6.98. The number of rotatable bonds is 5. The molecular weight excluding hydrogens is 304 g/mol. The number of nitrogens with zero attached hydrogens (tertiary/aromatic N) is 1. The number of aliphatic hydroxyl groups is 1. The van der Waals surface area contributed by atoms with Crippen molar-refractivity contribution in [1.29, 1.82) is 0 Å². The Kier molecular flexibility index (Phi) is 5.28. The molecule has 4 nitrogen and oxygen atoms in total. The summed E-state index contributed by atoms with van der Waals surface area (Å²) in [7, 11) is 1.65. The van der Waals surface area contributed by atoms with Crippen LogP contribution in [0.3, 0.4) is 0 Å². The highest BCUT2D eigenvalue weighted by atomic mass is 19.1. The van der Waals surface area contributed by atoms with Crippen LogP contribution < -0.4 is 9.64 Å². The Morgan fingerprint density at radius 2 is 1.87 bits per heavy atom. The molecule has 23 heavy (non-hydrogen) atoms. The van der Waals surface area contributed by atoms with Crippen molar-refractivity contribution in [3.05, 3.63) is 59.7 Å². The van der Waals surface area contributed by atoms with Crippen molar-refractivity contribution in [3.8, 4) is 5.75 Å². The van der Waals surface area contributed by atoms with Gasteiger partial charge in [0.1, 0.15) is 30.1 Å². The summed E-state index contributed by atoms with van der Waals surface area (Å²) in [6, 6.07) is 9.51. The average Bonchev–Trinajstić information content (AvgIpc) is 2.54. The highest BCUT2D eigenvalue weighted by molar-refractivity contribution is 5.90. The molecule has 1 amide bonds. The van der Waals surface area contributed by atoms with Gasteiger partial charge in [0.05, 0.1) is 0 Å². The van der Waals surface area contributed by atoms with E-state index in [-0.39, 0.29) is 18.1 Å². The SMILES string of the molecule is CC(=O)N(C)c1ccc(OCC(O)c2cc(F)ccc2F)cc1. The summed E-state index contributed by atoms with van der Waals surface area (Å²) in [5, 5.41) is 9.92. The number of amides is 1. The van der Waals surface area contributed by atoms with Crippen LogP contribution in [-0.2, 0) is 4.79 Å². The minimum atomic E-state index is -1.29. The van der Waals surface area contributed by atoms with Gasteiger partial charge in [0.2, 0.25) is 5.91 Å². The maximum absolute atomic E-state index is 13.5. The molecule has 2 rings (SSSR count). The van der Waals surface area contributed by atoms with Crippen LogP contribution in [0.1, 0.15) is 18.6 Å². The summed E-state index contributed by atoms with van der Waals surface area (Å²) in [5.41, 5.74) is 0.541. The zero-order chi connectivity index (χ0) is 17.0. The molecular formula is C17H17F2NO3. The summed E-state index contributed by atoms with van der Waals surface area (Å²) in [5.74, 6) is -0.977. The number of hydrogen-bond acceptors (Lipinski definition) is 3.